The van der Waals surface area contributed by atoms with E-state index in [1.807, 2.05) is 12.1 Å². The fourth-order valence-electron chi connectivity index (χ4n) is 1.69. The third-order valence-corrected chi connectivity index (χ3v) is 2.94. The molecule has 0 bridgehead atoms. The number of nitrogens with one attached hydrogen (secondary N) is 1. The van der Waals surface area contributed by atoms with Crippen LogP contribution in [-0.2, 0) is 6.42 Å². The summed E-state index contributed by atoms with van der Waals surface area (Å²) >= 11 is 0. The highest BCUT2D eigenvalue weighted by molar-refractivity contribution is 4.98. The lowest BCUT2D eigenvalue weighted by Gasteiger charge is -2.18. The van der Waals surface area contributed by atoms with Gasteiger partial charge in [0.1, 0.15) is 5.76 Å². The second-order valence-electron chi connectivity index (χ2n) is 4.23. The molecule has 0 saturated carbocycles. The molecule has 0 amide bonds. The van der Waals surface area contributed by atoms with Gasteiger partial charge in [0, 0.05) is 12.5 Å². The Morgan fingerprint density at radius 2 is 2.33 bits per heavy atom. The van der Waals surface area contributed by atoms with E-state index in [2.05, 4.69) is 19.3 Å². The zero-order chi connectivity index (χ0) is 11.1. The maximum Gasteiger partial charge on any atom is 0.103 e. The number of rotatable bonds is 7. The van der Waals surface area contributed by atoms with E-state index in [1.54, 1.807) is 6.26 Å². The van der Waals surface area contributed by atoms with E-state index in [1.165, 1.54) is 6.42 Å². The largest absolute Gasteiger partial charge is 0.469 e. The molecular formula is C12H22N2O. The lowest BCUT2D eigenvalue weighted by molar-refractivity contribution is 0.371. The van der Waals surface area contributed by atoms with Crippen molar-refractivity contribution in [3.8, 4) is 0 Å². The van der Waals surface area contributed by atoms with Crippen LogP contribution in [0.5, 0.6) is 0 Å². The van der Waals surface area contributed by atoms with Crippen molar-refractivity contribution in [3.63, 3.8) is 0 Å². The van der Waals surface area contributed by atoms with Gasteiger partial charge in [0.15, 0.2) is 0 Å². The maximum absolute atomic E-state index is 5.53. The van der Waals surface area contributed by atoms with E-state index in [0.29, 0.717) is 6.04 Å². The average Bonchev–Trinajstić information content (AvgIpc) is 2.76. The van der Waals surface area contributed by atoms with E-state index in [0.717, 1.165) is 30.9 Å². The summed E-state index contributed by atoms with van der Waals surface area (Å²) in [6.45, 7) is 4.47. The summed E-state index contributed by atoms with van der Waals surface area (Å²) in [6.07, 6.45) is 6.05. The molecule has 1 aromatic heterocycles. The third-order valence-electron chi connectivity index (χ3n) is 2.94. The van der Waals surface area contributed by atoms with Crippen molar-refractivity contribution in [2.45, 2.75) is 45.6 Å². The molecule has 1 heterocycles. The average molecular weight is 210 g/mol. The molecule has 0 saturated heterocycles. The van der Waals surface area contributed by atoms with Crippen LogP contribution in [0.1, 0.15) is 38.9 Å². The van der Waals surface area contributed by atoms with Gasteiger partial charge < -0.3 is 4.42 Å². The predicted octanol–water partition coefficient (Wildman–Crippen LogP) is 2.48. The topological polar surface area (TPSA) is 51.2 Å². The lowest BCUT2D eigenvalue weighted by atomic mass is 9.96. The van der Waals surface area contributed by atoms with Gasteiger partial charge in [-0.05, 0) is 30.9 Å². The number of nitrogens with two attached hydrogens (primary N) is 1. The van der Waals surface area contributed by atoms with Gasteiger partial charge >= 0.3 is 0 Å². The van der Waals surface area contributed by atoms with Crippen LogP contribution in [-0.4, -0.2) is 6.04 Å². The summed E-state index contributed by atoms with van der Waals surface area (Å²) in [5.74, 6) is 7.30. The highest BCUT2D eigenvalue weighted by Crippen LogP contribution is 2.14. The molecule has 15 heavy (non-hydrogen) atoms. The van der Waals surface area contributed by atoms with Crippen molar-refractivity contribution in [2.75, 3.05) is 0 Å². The van der Waals surface area contributed by atoms with Crippen molar-refractivity contribution in [1.82, 2.24) is 5.43 Å². The van der Waals surface area contributed by atoms with Gasteiger partial charge in [0.05, 0.1) is 6.26 Å². The van der Waals surface area contributed by atoms with Gasteiger partial charge in [-0.1, -0.05) is 20.3 Å². The molecule has 2 atom stereocenters. The molecule has 86 valence electrons. The molecular weight excluding hydrogens is 188 g/mol. The first-order valence-corrected chi connectivity index (χ1v) is 5.74. The minimum Gasteiger partial charge on any atom is -0.469 e. The molecule has 0 spiro atoms. The van der Waals surface area contributed by atoms with Crippen LogP contribution in [0.2, 0.25) is 0 Å². The second-order valence-corrected chi connectivity index (χ2v) is 4.23. The van der Waals surface area contributed by atoms with E-state index >= 15 is 0 Å². The molecule has 0 fully saturated rings. The van der Waals surface area contributed by atoms with Crippen LogP contribution in [0.25, 0.3) is 0 Å². The number of hydrogen-bond acceptors (Lipinski definition) is 3. The molecule has 2 unspecified atom stereocenters. The minimum absolute atomic E-state index is 0.394. The predicted molar refractivity (Wildman–Crippen MR) is 62.2 cm³/mol. The Kier molecular flexibility index (Phi) is 5.43. The minimum atomic E-state index is 0.394. The van der Waals surface area contributed by atoms with Crippen molar-refractivity contribution < 1.29 is 4.42 Å². The van der Waals surface area contributed by atoms with Crippen molar-refractivity contribution in [3.05, 3.63) is 24.2 Å². The number of furan rings is 1. The highest BCUT2D eigenvalue weighted by atomic mass is 16.3. The van der Waals surface area contributed by atoms with E-state index in [9.17, 15) is 0 Å². The highest BCUT2D eigenvalue weighted by Gasteiger charge is 2.11. The molecule has 3 N–H and O–H groups in total. The molecule has 0 aliphatic rings. The van der Waals surface area contributed by atoms with Crippen LogP contribution in [0.15, 0.2) is 22.8 Å². The molecule has 0 aliphatic carbocycles. The van der Waals surface area contributed by atoms with Gasteiger partial charge in [-0.2, -0.15) is 0 Å². The van der Waals surface area contributed by atoms with E-state index in [4.69, 9.17) is 10.3 Å². The van der Waals surface area contributed by atoms with Gasteiger partial charge in [0.2, 0.25) is 0 Å². The molecule has 3 heteroatoms. The fraction of sp³-hybridized carbons (Fsp3) is 0.667. The Bertz CT molecular complexity index is 246. The molecule has 3 nitrogen and oxygen atoms in total. The third kappa shape index (κ3) is 4.49. The van der Waals surface area contributed by atoms with Crippen LogP contribution in [0.4, 0.5) is 0 Å². The lowest BCUT2D eigenvalue weighted by Crippen LogP contribution is -2.36. The van der Waals surface area contributed by atoms with Gasteiger partial charge in [0.25, 0.3) is 0 Å². The fourth-order valence-corrected chi connectivity index (χ4v) is 1.69. The summed E-state index contributed by atoms with van der Waals surface area (Å²) in [7, 11) is 0. The second kappa shape index (κ2) is 6.64. The number of hydrazine groups is 1. The van der Waals surface area contributed by atoms with Gasteiger partial charge in [-0.3, -0.25) is 11.3 Å². The first-order chi connectivity index (χ1) is 7.26. The SMILES string of the molecule is CCC(C)CC(CCc1ccco1)NN. The zero-order valence-electron chi connectivity index (χ0n) is 9.70. The first-order valence-electron chi connectivity index (χ1n) is 5.74. The summed E-state index contributed by atoms with van der Waals surface area (Å²) < 4.78 is 5.29. The maximum atomic E-state index is 5.53. The molecule has 1 aromatic rings. The summed E-state index contributed by atoms with van der Waals surface area (Å²) in [4.78, 5) is 0. The summed E-state index contributed by atoms with van der Waals surface area (Å²) in [6, 6.07) is 4.33. The van der Waals surface area contributed by atoms with Crippen LogP contribution >= 0.6 is 0 Å². The molecule has 1 rings (SSSR count). The molecule has 0 aromatic carbocycles. The smallest absolute Gasteiger partial charge is 0.103 e. The van der Waals surface area contributed by atoms with Crippen LogP contribution in [0, 0.1) is 5.92 Å². The van der Waals surface area contributed by atoms with Crippen molar-refractivity contribution in [2.24, 2.45) is 11.8 Å². The van der Waals surface area contributed by atoms with Gasteiger partial charge in [-0.15, -0.1) is 0 Å². The van der Waals surface area contributed by atoms with Gasteiger partial charge in [-0.25, -0.2) is 0 Å². The Hall–Kier alpha value is -0.800. The summed E-state index contributed by atoms with van der Waals surface area (Å²) in [5.41, 5.74) is 2.89. The van der Waals surface area contributed by atoms with E-state index in [-0.39, 0.29) is 0 Å². The normalized spacial score (nSPS) is 15.1. The monoisotopic (exact) mass is 210 g/mol. The molecule has 0 radical (unpaired) electrons. The standard InChI is InChI=1S/C12H22N2O/c1-3-10(2)9-11(14-13)6-7-12-5-4-8-15-12/h4-5,8,10-11,14H,3,6-7,9,13H2,1-2H3. The van der Waals surface area contributed by atoms with Crippen molar-refractivity contribution in [1.29, 1.82) is 0 Å². The zero-order valence-corrected chi connectivity index (χ0v) is 9.70. The van der Waals surface area contributed by atoms with Crippen LogP contribution < -0.4 is 11.3 Å². The first kappa shape index (κ1) is 12.3. The van der Waals surface area contributed by atoms with E-state index < -0.39 is 0 Å². The molecule has 0 aliphatic heterocycles. The Labute approximate surface area is 92.0 Å². The number of hydrogen-bond donors (Lipinski definition) is 2. The van der Waals surface area contributed by atoms with Crippen LogP contribution in [0.3, 0.4) is 0 Å². The Morgan fingerprint density at radius 1 is 1.53 bits per heavy atom. The Morgan fingerprint density at radius 3 is 2.87 bits per heavy atom. The summed E-state index contributed by atoms with van der Waals surface area (Å²) in [5, 5.41) is 0. The quantitative estimate of drug-likeness (QED) is 0.537. The van der Waals surface area contributed by atoms with Crippen molar-refractivity contribution >= 4 is 0 Å². The Balaban J connectivity index is 2.27. The number of aryl methyl sites for hydroxylation is 1.